The van der Waals surface area contributed by atoms with Crippen LogP contribution < -0.4 is 0 Å². The van der Waals surface area contributed by atoms with Crippen LogP contribution in [-0.2, 0) is 9.53 Å². The summed E-state index contributed by atoms with van der Waals surface area (Å²) in [5.41, 5.74) is 2.35. The number of fused-ring (bicyclic) bond motifs is 1. The molecule has 152 valence electrons. The molecule has 0 aliphatic heterocycles. The van der Waals surface area contributed by atoms with E-state index >= 15 is 0 Å². The Labute approximate surface area is 174 Å². The predicted octanol–water partition coefficient (Wildman–Crippen LogP) is 5.44. The van der Waals surface area contributed by atoms with E-state index in [1.807, 2.05) is 13.8 Å². The molecular weight excluding hydrogens is 390 g/mol. The molecule has 0 radical (unpaired) electrons. The van der Waals surface area contributed by atoms with E-state index < -0.39 is 5.92 Å². The topological polar surface area (TPSA) is 68.5 Å². The summed E-state index contributed by atoms with van der Waals surface area (Å²) >= 11 is 6.06. The molecular formula is C23H24ClNO4. The minimum Gasteiger partial charge on any atom is -0.508 e. The molecule has 29 heavy (non-hydrogen) atoms. The molecule has 0 fully saturated rings. The van der Waals surface area contributed by atoms with Crippen molar-refractivity contribution in [3.05, 3.63) is 64.3 Å². The van der Waals surface area contributed by atoms with Gasteiger partial charge in [-0.15, -0.1) is 0 Å². The molecule has 0 bridgehead atoms. The highest BCUT2D eigenvalue weighted by atomic mass is 35.5. The summed E-state index contributed by atoms with van der Waals surface area (Å²) < 4.78 is 7.07. The summed E-state index contributed by atoms with van der Waals surface area (Å²) in [4.78, 5) is 26.0. The molecule has 1 aromatic heterocycles. The Hall–Kier alpha value is -2.79. The molecule has 0 amide bonds. The Balaban J connectivity index is 2.17. The molecule has 6 heteroatoms. The van der Waals surface area contributed by atoms with Gasteiger partial charge in [0.2, 0.25) is 0 Å². The van der Waals surface area contributed by atoms with Gasteiger partial charge in [-0.25, -0.2) is 0 Å². The van der Waals surface area contributed by atoms with Crippen LogP contribution in [0.15, 0.2) is 42.5 Å². The first-order valence-corrected chi connectivity index (χ1v) is 9.97. The van der Waals surface area contributed by atoms with Gasteiger partial charge in [0.1, 0.15) is 5.75 Å². The number of benzene rings is 2. The zero-order chi connectivity index (χ0) is 21.3. The monoisotopic (exact) mass is 413 g/mol. The molecule has 1 N–H and O–H groups in total. The van der Waals surface area contributed by atoms with Crippen LogP contribution in [0.5, 0.6) is 5.75 Å². The van der Waals surface area contributed by atoms with Gasteiger partial charge in [0, 0.05) is 21.7 Å². The van der Waals surface area contributed by atoms with Crippen LogP contribution in [0.1, 0.15) is 54.7 Å². The Morgan fingerprint density at radius 1 is 1.17 bits per heavy atom. The number of hydrogen-bond acceptors (Lipinski definition) is 4. The lowest BCUT2D eigenvalue weighted by atomic mass is 9.97. The highest BCUT2D eigenvalue weighted by Crippen LogP contribution is 2.35. The number of esters is 1. The number of phenols is 1. The lowest BCUT2D eigenvalue weighted by Gasteiger charge is -2.16. The van der Waals surface area contributed by atoms with Crippen molar-refractivity contribution >= 4 is 34.4 Å². The van der Waals surface area contributed by atoms with Gasteiger partial charge >= 0.3 is 5.97 Å². The van der Waals surface area contributed by atoms with Gasteiger partial charge in [-0.1, -0.05) is 24.6 Å². The lowest BCUT2D eigenvalue weighted by Crippen LogP contribution is -2.20. The van der Waals surface area contributed by atoms with Gasteiger partial charge < -0.3 is 9.84 Å². The normalized spacial score (nSPS) is 13.3. The number of rotatable bonds is 5. The minimum absolute atomic E-state index is 0.0635. The Bertz CT molecular complexity index is 1090. The third-order valence-corrected chi connectivity index (χ3v) is 5.42. The summed E-state index contributed by atoms with van der Waals surface area (Å²) in [6.45, 7) is 7.34. The standard InChI is InChI=1S/C23H24ClNO4/c1-5-13(2)29-23(28)14(3)21-15(4)25(20-10-9-18(26)12-19(20)21)22(27)16-7-6-8-17(24)11-16/h6-14,26H,5H2,1-4H3. The predicted molar refractivity (Wildman–Crippen MR) is 114 cm³/mol. The number of phenolic OH excluding ortho intramolecular Hbond substituents is 1. The molecule has 0 aliphatic carbocycles. The molecule has 0 saturated carbocycles. The number of aromatic nitrogens is 1. The first kappa shape index (κ1) is 20.9. The van der Waals surface area contributed by atoms with Gasteiger partial charge in [0.15, 0.2) is 0 Å². The van der Waals surface area contributed by atoms with Gasteiger partial charge in [0.25, 0.3) is 5.91 Å². The second-order valence-electron chi connectivity index (χ2n) is 7.23. The highest BCUT2D eigenvalue weighted by molar-refractivity contribution is 6.31. The maximum atomic E-state index is 13.3. The van der Waals surface area contributed by atoms with E-state index in [0.717, 1.165) is 0 Å². The Kier molecular flexibility index (Phi) is 5.99. The van der Waals surface area contributed by atoms with Crippen molar-refractivity contribution in [1.82, 2.24) is 4.57 Å². The second-order valence-corrected chi connectivity index (χ2v) is 7.67. The summed E-state index contributed by atoms with van der Waals surface area (Å²) in [6, 6.07) is 11.5. The van der Waals surface area contributed by atoms with Gasteiger partial charge in [-0.2, -0.15) is 0 Å². The number of carbonyl (C=O) groups excluding carboxylic acids is 2. The zero-order valence-corrected chi connectivity index (χ0v) is 17.7. The third-order valence-electron chi connectivity index (χ3n) is 5.19. The molecule has 0 saturated heterocycles. The molecule has 2 atom stereocenters. The number of halogens is 1. The lowest BCUT2D eigenvalue weighted by molar-refractivity contribution is -0.149. The fourth-order valence-electron chi connectivity index (χ4n) is 3.49. The zero-order valence-electron chi connectivity index (χ0n) is 16.9. The molecule has 1 heterocycles. The molecule has 2 aromatic carbocycles. The molecule has 3 aromatic rings. The van der Waals surface area contributed by atoms with Crippen LogP contribution >= 0.6 is 11.6 Å². The SMILES string of the molecule is CCC(C)OC(=O)C(C)c1c(C)n(C(=O)c2cccc(Cl)c2)c2ccc(O)cc12. The van der Waals surface area contributed by atoms with E-state index in [9.17, 15) is 14.7 Å². The van der Waals surface area contributed by atoms with Crippen molar-refractivity contribution < 1.29 is 19.4 Å². The van der Waals surface area contributed by atoms with E-state index in [2.05, 4.69) is 0 Å². The van der Waals surface area contributed by atoms with E-state index in [4.69, 9.17) is 16.3 Å². The average Bonchev–Trinajstić information content (AvgIpc) is 2.97. The van der Waals surface area contributed by atoms with E-state index in [-0.39, 0.29) is 23.7 Å². The average molecular weight is 414 g/mol. The fraction of sp³-hybridized carbons (Fsp3) is 0.304. The Morgan fingerprint density at radius 3 is 2.55 bits per heavy atom. The number of nitrogens with zero attached hydrogens (tertiary/aromatic N) is 1. The number of aromatic hydroxyl groups is 1. The number of carbonyl (C=O) groups is 2. The summed E-state index contributed by atoms with van der Waals surface area (Å²) in [5.74, 6) is -1.15. The van der Waals surface area contributed by atoms with Gasteiger partial charge in [-0.3, -0.25) is 14.2 Å². The van der Waals surface area contributed by atoms with Crippen LogP contribution in [0.2, 0.25) is 5.02 Å². The van der Waals surface area contributed by atoms with Crippen LogP contribution in [0.25, 0.3) is 10.9 Å². The number of ether oxygens (including phenoxy) is 1. The van der Waals surface area contributed by atoms with Crippen LogP contribution in [0, 0.1) is 6.92 Å². The largest absolute Gasteiger partial charge is 0.508 e. The van der Waals surface area contributed by atoms with E-state index in [1.165, 1.54) is 6.07 Å². The maximum Gasteiger partial charge on any atom is 0.313 e. The first-order chi connectivity index (χ1) is 13.7. The molecule has 0 aliphatic rings. The van der Waals surface area contributed by atoms with E-state index in [0.29, 0.717) is 39.2 Å². The first-order valence-electron chi connectivity index (χ1n) is 9.59. The van der Waals surface area contributed by atoms with Gasteiger partial charge in [0.05, 0.1) is 17.5 Å². The second kappa shape index (κ2) is 8.29. The van der Waals surface area contributed by atoms with E-state index in [1.54, 1.807) is 54.8 Å². The van der Waals surface area contributed by atoms with Crippen molar-refractivity contribution in [3.8, 4) is 5.75 Å². The van der Waals surface area contributed by atoms with Crippen molar-refractivity contribution in [2.24, 2.45) is 0 Å². The maximum absolute atomic E-state index is 13.3. The van der Waals surface area contributed by atoms with Crippen molar-refractivity contribution in [1.29, 1.82) is 0 Å². The van der Waals surface area contributed by atoms with Crippen LogP contribution in [0.3, 0.4) is 0 Å². The fourth-order valence-corrected chi connectivity index (χ4v) is 3.68. The third kappa shape index (κ3) is 4.01. The summed E-state index contributed by atoms with van der Waals surface area (Å²) in [7, 11) is 0. The molecule has 0 spiro atoms. The van der Waals surface area contributed by atoms with Crippen molar-refractivity contribution in [2.75, 3.05) is 0 Å². The van der Waals surface area contributed by atoms with Gasteiger partial charge in [-0.05, 0) is 69.2 Å². The summed E-state index contributed by atoms with van der Waals surface area (Å²) in [5, 5.41) is 11.1. The Morgan fingerprint density at radius 2 is 1.90 bits per heavy atom. The molecule has 5 nitrogen and oxygen atoms in total. The van der Waals surface area contributed by atoms with Crippen LogP contribution in [0.4, 0.5) is 0 Å². The number of hydrogen-bond donors (Lipinski definition) is 1. The minimum atomic E-state index is -0.596. The van der Waals surface area contributed by atoms with Crippen LogP contribution in [-0.4, -0.2) is 27.7 Å². The molecule has 3 rings (SSSR count). The highest BCUT2D eigenvalue weighted by Gasteiger charge is 2.28. The van der Waals surface area contributed by atoms with Crippen molar-refractivity contribution in [2.45, 2.75) is 46.1 Å². The molecule has 2 unspecified atom stereocenters. The van der Waals surface area contributed by atoms with Crippen molar-refractivity contribution in [3.63, 3.8) is 0 Å². The smallest absolute Gasteiger partial charge is 0.313 e. The summed E-state index contributed by atoms with van der Waals surface area (Å²) in [6.07, 6.45) is 0.521. The quantitative estimate of drug-likeness (QED) is 0.565.